The highest BCUT2D eigenvalue weighted by Gasteiger charge is 2.31. The SMILES string of the molecule is CC(C)C[C@@H]1NC(=O)[C@@H](NC(=O)[C@@H](N)Cc2ccc(O)cc2)CCCNC(=O)C[C@@H](C(N)=O)NC1=O. The monoisotopic (exact) mass is 504 g/mol. The minimum absolute atomic E-state index is 0.0128. The lowest BCUT2D eigenvalue weighted by Crippen LogP contribution is -2.58. The molecular weight excluding hydrogens is 468 g/mol. The molecular formula is C24H36N6O6. The molecule has 0 saturated carbocycles. The Balaban J connectivity index is 2.18. The smallest absolute Gasteiger partial charge is 0.243 e. The first-order valence-electron chi connectivity index (χ1n) is 12.0. The van der Waals surface area contributed by atoms with Crippen LogP contribution in [0.25, 0.3) is 0 Å². The summed E-state index contributed by atoms with van der Waals surface area (Å²) in [5.74, 6) is -3.03. The number of hydrogen-bond donors (Lipinski definition) is 7. The van der Waals surface area contributed by atoms with Gasteiger partial charge in [0, 0.05) is 6.54 Å². The highest BCUT2D eigenvalue weighted by atomic mass is 16.3. The molecule has 1 aromatic carbocycles. The molecule has 198 valence electrons. The van der Waals surface area contributed by atoms with Crippen LogP contribution in [0, 0.1) is 5.92 Å². The van der Waals surface area contributed by atoms with Crippen LogP contribution in [-0.2, 0) is 30.4 Å². The normalized spacial score (nSPS) is 22.7. The lowest BCUT2D eigenvalue weighted by Gasteiger charge is -2.25. The minimum Gasteiger partial charge on any atom is -0.508 e. The molecule has 36 heavy (non-hydrogen) atoms. The Morgan fingerprint density at radius 1 is 1.11 bits per heavy atom. The molecule has 0 radical (unpaired) electrons. The van der Waals surface area contributed by atoms with Gasteiger partial charge in [0.15, 0.2) is 0 Å². The Labute approximate surface area is 209 Å². The first-order chi connectivity index (χ1) is 17.0. The number of nitrogens with one attached hydrogen (secondary N) is 4. The summed E-state index contributed by atoms with van der Waals surface area (Å²) in [6, 6.07) is 2.07. The van der Waals surface area contributed by atoms with Crippen molar-refractivity contribution in [2.75, 3.05) is 6.54 Å². The minimum atomic E-state index is -1.22. The topological polar surface area (TPSA) is 206 Å². The van der Waals surface area contributed by atoms with Gasteiger partial charge in [-0.2, -0.15) is 0 Å². The molecule has 12 heteroatoms. The molecule has 1 fully saturated rings. The maximum atomic E-state index is 13.1. The molecule has 1 heterocycles. The van der Waals surface area contributed by atoms with E-state index in [-0.39, 0.29) is 43.9 Å². The first-order valence-corrected chi connectivity index (χ1v) is 12.0. The first kappa shape index (κ1) is 28.6. The zero-order valence-corrected chi connectivity index (χ0v) is 20.6. The Morgan fingerprint density at radius 2 is 1.78 bits per heavy atom. The summed E-state index contributed by atoms with van der Waals surface area (Å²) in [7, 11) is 0. The molecule has 4 atom stereocenters. The molecule has 9 N–H and O–H groups in total. The lowest BCUT2D eigenvalue weighted by atomic mass is 10.0. The number of benzene rings is 1. The van der Waals surface area contributed by atoms with Crippen LogP contribution >= 0.6 is 0 Å². The summed E-state index contributed by atoms with van der Waals surface area (Å²) in [6.07, 6.45) is 0.642. The van der Waals surface area contributed by atoms with E-state index in [4.69, 9.17) is 11.5 Å². The number of amides is 5. The largest absolute Gasteiger partial charge is 0.508 e. The van der Waals surface area contributed by atoms with Gasteiger partial charge in [0.25, 0.3) is 0 Å². The number of rotatable bonds is 7. The average molecular weight is 505 g/mol. The number of primary amides is 1. The van der Waals surface area contributed by atoms with Gasteiger partial charge in [0.2, 0.25) is 29.5 Å². The van der Waals surface area contributed by atoms with Crippen LogP contribution in [0.15, 0.2) is 24.3 Å². The molecule has 1 aliphatic rings. The van der Waals surface area contributed by atoms with E-state index in [0.29, 0.717) is 6.42 Å². The van der Waals surface area contributed by atoms with Crippen molar-refractivity contribution in [1.82, 2.24) is 21.3 Å². The fraction of sp³-hybridized carbons (Fsp3) is 0.542. The number of phenols is 1. The Kier molecular flexibility index (Phi) is 10.7. The van der Waals surface area contributed by atoms with E-state index in [1.807, 2.05) is 13.8 Å². The van der Waals surface area contributed by atoms with E-state index in [2.05, 4.69) is 21.3 Å². The molecule has 5 amide bonds. The van der Waals surface area contributed by atoms with Crippen molar-refractivity contribution in [1.29, 1.82) is 0 Å². The Morgan fingerprint density at radius 3 is 2.39 bits per heavy atom. The van der Waals surface area contributed by atoms with Crippen LogP contribution in [0.1, 0.15) is 45.1 Å². The van der Waals surface area contributed by atoms with Crippen molar-refractivity contribution in [3.05, 3.63) is 29.8 Å². The number of nitrogens with two attached hydrogens (primary N) is 2. The zero-order chi connectivity index (χ0) is 26.8. The third-order valence-electron chi connectivity index (χ3n) is 5.74. The molecule has 0 spiro atoms. The van der Waals surface area contributed by atoms with Gasteiger partial charge < -0.3 is 37.8 Å². The Bertz CT molecular complexity index is 951. The summed E-state index contributed by atoms with van der Waals surface area (Å²) in [6.45, 7) is 3.91. The summed E-state index contributed by atoms with van der Waals surface area (Å²) in [5.41, 5.74) is 12.1. The number of phenolic OH excluding ortho intramolecular Hbond substituents is 1. The maximum absolute atomic E-state index is 13.1. The lowest BCUT2D eigenvalue weighted by molar-refractivity contribution is -0.134. The molecule has 0 aromatic heterocycles. The summed E-state index contributed by atoms with van der Waals surface area (Å²) >= 11 is 0. The van der Waals surface area contributed by atoms with Gasteiger partial charge in [-0.25, -0.2) is 0 Å². The van der Waals surface area contributed by atoms with Gasteiger partial charge in [-0.15, -0.1) is 0 Å². The second kappa shape index (κ2) is 13.4. The third kappa shape index (κ3) is 9.17. The average Bonchev–Trinajstić information content (AvgIpc) is 2.81. The fourth-order valence-electron chi connectivity index (χ4n) is 3.79. The predicted molar refractivity (Wildman–Crippen MR) is 131 cm³/mol. The second-order valence-electron chi connectivity index (χ2n) is 9.39. The molecule has 12 nitrogen and oxygen atoms in total. The van der Waals surface area contributed by atoms with E-state index < -0.39 is 53.7 Å². The summed E-state index contributed by atoms with van der Waals surface area (Å²) < 4.78 is 0. The number of hydrogen-bond acceptors (Lipinski definition) is 7. The van der Waals surface area contributed by atoms with Crippen LogP contribution in [0.2, 0.25) is 0 Å². The van der Waals surface area contributed by atoms with Crippen LogP contribution in [0.3, 0.4) is 0 Å². The summed E-state index contributed by atoms with van der Waals surface area (Å²) in [4.78, 5) is 62.8. The zero-order valence-electron chi connectivity index (χ0n) is 20.6. The van der Waals surface area contributed by atoms with Crippen molar-refractivity contribution < 1.29 is 29.1 Å². The molecule has 1 saturated heterocycles. The van der Waals surface area contributed by atoms with Crippen LogP contribution in [0.4, 0.5) is 0 Å². The van der Waals surface area contributed by atoms with Crippen molar-refractivity contribution >= 4 is 29.5 Å². The van der Waals surface area contributed by atoms with E-state index in [1.165, 1.54) is 12.1 Å². The van der Waals surface area contributed by atoms with Gasteiger partial charge in [0.05, 0.1) is 12.5 Å². The van der Waals surface area contributed by atoms with Crippen LogP contribution < -0.4 is 32.7 Å². The van der Waals surface area contributed by atoms with E-state index in [1.54, 1.807) is 12.1 Å². The molecule has 2 rings (SSSR count). The van der Waals surface area contributed by atoms with Gasteiger partial charge >= 0.3 is 0 Å². The second-order valence-corrected chi connectivity index (χ2v) is 9.39. The van der Waals surface area contributed by atoms with Crippen LogP contribution in [-0.4, -0.2) is 65.4 Å². The van der Waals surface area contributed by atoms with E-state index >= 15 is 0 Å². The standard InChI is InChI=1S/C24H36N6O6/c1-13(2)10-19-24(36)29-18(21(26)33)12-20(32)27-9-3-4-17(23(35)30-19)28-22(34)16(25)11-14-5-7-15(31)8-6-14/h5-8,13,16-19,31H,3-4,9-12,25H2,1-2H3,(H2,26,33)(H,27,32)(H,28,34)(H,29,36)(H,30,35)/t16-,17-,18-,19-/m0/s1. The third-order valence-corrected chi connectivity index (χ3v) is 5.74. The molecule has 1 aromatic rings. The van der Waals surface area contributed by atoms with E-state index in [0.717, 1.165) is 5.56 Å². The van der Waals surface area contributed by atoms with Crippen molar-refractivity contribution in [2.45, 2.75) is 70.1 Å². The highest BCUT2D eigenvalue weighted by molar-refractivity contribution is 5.96. The Hall–Kier alpha value is -3.67. The molecule has 0 aliphatic carbocycles. The molecule has 1 aliphatic heterocycles. The van der Waals surface area contributed by atoms with Crippen molar-refractivity contribution in [3.8, 4) is 5.75 Å². The predicted octanol–water partition coefficient (Wildman–Crippen LogP) is -1.45. The maximum Gasteiger partial charge on any atom is 0.243 e. The van der Waals surface area contributed by atoms with Gasteiger partial charge in [0.1, 0.15) is 23.9 Å². The number of carbonyl (C=O) groups excluding carboxylic acids is 5. The van der Waals surface area contributed by atoms with Crippen LogP contribution in [0.5, 0.6) is 5.75 Å². The van der Waals surface area contributed by atoms with Gasteiger partial charge in [-0.1, -0.05) is 26.0 Å². The summed E-state index contributed by atoms with van der Waals surface area (Å²) in [5, 5.41) is 19.8. The van der Waals surface area contributed by atoms with Crippen molar-refractivity contribution in [3.63, 3.8) is 0 Å². The van der Waals surface area contributed by atoms with Crippen molar-refractivity contribution in [2.24, 2.45) is 17.4 Å². The molecule has 0 unspecified atom stereocenters. The fourth-order valence-corrected chi connectivity index (χ4v) is 3.79. The quantitative estimate of drug-likeness (QED) is 0.235. The molecule has 0 bridgehead atoms. The highest BCUT2D eigenvalue weighted by Crippen LogP contribution is 2.12. The van der Waals surface area contributed by atoms with Gasteiger partial charge in [-0.05, 0) is 49.3 Å². The van der Waals surface area contributed by atoms with E-state index in [9.17, 15) is 29.1 Å². The number of carbonyl (C=O) groups is 5. The number of aromatic hydroxyl groups is 1. The van der Waals surface area contributed by atoms with Gasteiger partial charge in [-0.3, -0.25) is 24.0 Å².